The van der Waals surface area contributed by atoms with Crippen LogP contribution in [0.3, 0.4) is 0 Å². The van der Waals surface area contributed by atoms with Gasteiger partial charge in [0.05, 0.1) is 33.0 Å². The number of hydroxylamine groups is 1. The fraction of sp³-hybridized carbons (Fsp3) is 0.214. The Labute approximate surface area is 126 Å². The zero-order valence-electron chi connectivity index (χ0n) is 12.3. The summed E-state index contributed by atoms with van der Waals surface area (Å²) in [5.41, 5.74) is 0.0507. The van der Waals surface area contributed by atoms with Gasteiger partial charge >= 0.3 is 0 Å². The van der Waals surface area contributed by atoms with Crippen LogP contribution in [0.4, 0.5) is 5.95 Å². The number of phenols is 1. The lowest BCUT2D eigenvalue weighted by Crippen LogP contribution is -2.31. The average Bonchev–Trinajstić information content (AvgIpc) is 2.55. The number of carbonyl (C=O) groups excluding carboxylic acids is 1. The standard InChI is InChI=1S/C14H15N3O5/c1-20-11-8-12(21-2)16-14(15-11)17(22-3)13(19)9-6-4-5-7-10(9)18/h4-8,18H,1-3H3. The average molecular weight is 305 g/mol. The molecule has 0 saturated carbocycles. The van der Waals surface area contributed by atoms with Crippen LogP contribution in [-0.2, 0) is 4.84 Å². The maximum absolute atomic E-state index is 12.5. The van der Waals surface area contributed by atoms with Gasteiger partial charge in [-0.15, -0.1) is 5.06 Å². The molecule has 0 aliphatic carbocycles. The molecule has 2 aromatic rings. The number of hydrogen-bond acceptors (Lipinski definition) is 7. The van der Waals surface area contributed by atoms with Gasteiger partial charge in [0.2, 0.25) is 11.8 Å². The van der Waals surface area contributed by atoms with E-state index in [4.69, 9.17) is 14.3 Å². The number of ether oxygens (including phenoxy) is 2. The van der Waals surface area contributed by atoms with E-state index in [1.54, 1.807) is 12.1 Å². The van der Waals surface area contributed by atoms with Crippen LogP contribution in [0.5, 0.6) is 17.5 Å². The van der Waals surface area contributed by atoms with Crippen molar-refractivity contribution < 1.29 is 24.2 Å². The summed E-state index contributed by atoms with van der Waals surface area (Å²) in [6.07, 6.45) is 0. The first kappa shape index (κ1) is 15.5. The predicted molar refractivity (Wildman–Crippen MR) is 77.1 cm³/mol. The maximum Gasteiger partial charge on any atom is 0.288 e. The Kier molecular flexibility index (Phi) is 4.74. The van der Waals surface area contributed by atoms with E-state index in [0.29, 0.717) is 0 Å². The summed E-state index contributed by atoms with van der Waals surface area (Å²) in [5.74, 6) is -0.477. The van der Waals surface area contributed by atoms with Crippen molar-refractivity contribution >= 4 is 11.9 Å². The van der Waals surface area contributed by atoms with Crippen molar-refractivity contribution in [1.29, 1.82) is 0 Å². The number of methoxy groups -OCH3 is 2. The molecule has 8 heteroatoms. The lowest BCUT2D eigenvalue weighted by molar-refractivity contribution is 0.0759. The molecule has 2 rings (SSSR count). The highest BCUT2D eigenvalue weighted by Gasteiger charge is 2.24. The summed E-state index contributed by atoms with van der Waals surface area (Å²) < 4.78 is 10.1. The van der Waals surface area contributed by atoms with Gasteiger partial charge in [0, 0.05) is 0 Å². The number of aromatic hydroxyl groups is 1. The quantitative estimate of drug-likeness (QED) is 0.834. The zero-order valence-corrected chi connectivity index (χ0v) is 12.3. The molecule has 0 radical (unpaired) electrons. The number of aromatic nitrogens is 2. The number of benzene rings is 1. The van der Waals surface area contributed by atoms with E-state index in [-0.39, 0.29) is 29.0 Å². The third-order valence-corrected chi connectivity index (χ3v) is 2.77. The van der Waals surface area contributed by atoms with Crippen molar-refractivity contribution in [3.63, 3.8) is 0 Å². The molecule has 8 nitrogen and oxygen atoms in total. The molecule has 0 aliphatic heterocycles. The molecule has 0 unspecified atom stereocenters. The Bertz CT molecular complexity index is 655. The van der Waals surface area contributed by atoms with Crippen LogP contribution in [0.2, 0.25) is 0 Å². The lowest BCUT2D eigenvalue weighted by atomic mass is 10.2. The van der Waals surface area contributed by atoms with Crippen molar-refractivity contribution in [3.8, 4) is 17.5 Å². The molecule has 0 saturated heterocycles. The Hall–Kier alpha value is -2.87. The Morgan fingerprint density at radius 3 is 2.18 bits per heavy atom. The molecule has 1 aromatic heterocycles. The van der Waals surface area contributed by atoms with E-state index in [1.807, 2.05) is 0 Å². The van der Waals surface area contributed by atoms with Crippen molar-refractivity contribution in [1.82, 2.24) is 9.97 Å². The molecule has 22 heavy (non-hydrogen) atoms. The fourth-order valence-electron chi connectivity index (χ4n) is 1.71. The number of anilines is 1. The zero-order chi connectivity index (χ0) is 16.1. The summed E-state index contributed by atoms with van der Waals surface area (Å²) in [6, 6.07) is 7.54. The summed E-state index contributed by atoms with van der Waals surface area (Å²) in [6.45, 7) is 0. The minimum Gasteiger partial charge on any atom is -0.507 e. The predicted octanol–water partition coefficient (Wildman–Crippen LogP) is 1.41. The van der Waals surface area contributed by atoms with Crippen LogP contribution in [0, 0.1) is 0 Å². The Morgan fingerprint density at radius 1 is 1.09 bits per heavy atom. The third kappa shape index (κ3) is 3.07. The summed E-state index contributed by atoms with van der Waals surface area (Å²) >= 11 is 0. The van der Waals surface area contributed by atoms with Gasteiger partial charge in [-0.1, -0.05) is 12.1 Å². The number of hydrogen-bond donors (Lipinski definition) is 1. The monoisotopic (exact) mass is 305 g/mol. The summed E-state index contributed by atoms with van der Waals surface area (Å²) in [5, 5.41) is 10.6. The first-order valence-corrected chi connectivity index (χ1v) is 6.24. The van der Waals surface area contributed by atoms with E-state index in [9.17, 15) is 9.90 Å². The molecular weight excluding hydrogens is 290 g/mol. The van der Waals surface area contributed by atoms with Crippen LogP contribution in [0.1, 0.15) is 10.4 Å². The second-order valence-corrected chi connectivity index (χ2v) is 4.05. The SMILES string of the molecule is COc1cc(OC)nc(N(OC)C(=O)c2ccccc2O)n1. The maximum atomic E-state index is 12.5. The van der Waals surface area contributed by atoms with Gasteiger partial charge in [0.15, 0.2) is 0 Å². The van der Waals surface area contributed by atoms with Crippen LogP contribution >= 0.6 is 0 Å². The summed E-state index contributed by atoms with van der Waals surface area (Å²) in [4.78, 5) is 25.6. The Balaban J connectivity index is 2.44. The van der Waals surface area contributed by atoms with Crippen LogP contribution in [0.15, 0.2) is 30.3 Å². The molecule has 0 spiro atoms. The molecule has 1 amide bonds. The topological polar surface area (TPSA) is 94.0 Å². The molecule has 0 atom stereocenters. The van der Waals surface area contributed by atoms with Crippen LogP contribution < -0.4 is 14.5 Å². The molecule has 0 bridgehead atoms. The van der Waals surface area contributed by atoms with Gasteiger partial charge in [0.1, 0.15) is 5.75 Å². The Morgan fingerprint density at radius 2 is 1.68 bits per heavy atom. The highest BCUT2D eigenvalue weighted by molar-refractivity contribution is 6.05. The first-order chi connectivity index (χ1) is 10.6. The highest BCUT2D eigenvalue weighted by atomic mass is 16.7. The van der Waals surface area contributed by atoms with E-state index < -0.39 is 5.91 Å². The highest BCUT2D eigenvalue weighted by Crippen LogP contribution is 2.24. The molecule has 1 heterocycles. The van der Waals surface area contributed by atoms with Gasteiger partial charge in [-0.25, -0.2) is 0 Å². The number of nitrogens with zero attached hydrogens (tertiary/aromatic N) is 3. The third-order valence-electron chi connectivity index (χ3n) is 2.77. The van der Waals surface area contributed by atoms with Gasteiger partial charge in [0.25, 0.3) is 11.9 Å². The van der Waals surface area contributed by atoms with Gasteiger partial charge in [-0.2, -0.15) is 9.97 Å². The van der Waals surface area contributed by atoms with Crippen molar-refractivity contribution in [2.24, 2.45) is 0 Å². The van der Waals surface area contributed by atoms with E-state index in [0.717, 1.165) is 5.06 Å². The number of para-hydroxylation sites is 1. The van der Waals surface area contributed by atoms with Crippen molar-refractivity contribution in [2.45, 2.75) is 0 Å². The smallest absolute Gasteiger partial charge is 0.288 e. The van der Waals surface area contributed by atoms with Gasteiger partial charge in [-0.05, 0) is 12.1 Å². The molecule has 1 aromatic carbocycles. The number of carbonyl (C=O) groups is 1. The second kappa shape index (κ2) is 6.72. The van der Waals surface area contributed by atoms with Crippen molar-refractivity contribution in [3.05, 3.63) is 35.9 Å². The molecule has 116 valence electrons. The van der Waals surface area contributed by atoms with E-state index in [1.165, 1.54) is 39.5 Å². The minimum absolute atomic E-state index is 0.0507. The number of amides is 1. The second-order valence-electron chi connectivity index (χ2n) is 4.05. The molecule has 0 aliphatic rings. The largest absolute Gasteiger partial charge is 0.507 e. The number of rotatable bonds is 5. The molecular formula is C14H15N3O5. The molecule has 1 N–H and O–H groups in total. The van der Waals surface area contributed by atoms with Gasteiger partial charge in [-0.3, -0.25) is 9.63 Å². The lowest BCUT2D eigenvalue weighted by Gasteiger charge is -2.18. The van der Waals surface area contributed by atoms with E-state index in [2.05, 4.69) is 9.97 Å². The normalized spacial score (nSPS) is 10.1. The molecule has 0 fully saturated rings. The van der Waals surface area contributed by atoms with E-state index >= 15 is 0 Å². The van der Waals surface area contributed by atoms with Crippen molar-refractivity contribution in [2.75, 3.05) is 26.4 Å². The first-order valence-electron chi connectivity index (χ1n) is 6.24. The number of phenolic OH excluding ortho intramolecular Hbond substituents is 1. The fourth-order valence-corrected chi connectivity index (χ4v) is 1.71. The summed E-state index contributed by atoms with van der Waals surface area (Å²) in [7, 11) is 4.13. The van der Waals surface area contributed by atoms with Crippen LogP contribution in [0.25, 0.3) is 0 Å². The van der Waals surface area contributed by atoms with Crippen LogP contribution in [-0.4, -0.2) is 42.3 Å². The minimum atomic E-state index is -0.629. The van der Waals surface area contributed by atoms with Gasteiger partial charge < -0.3 is 14.6 Å².